The Morgan fingerprint density at radius 2 is 1.67 bits per heavy atom. The summed E-state index contributed by atoms with van der Waals surface area (Å²) in [5.74, 6) is 0.136. The third kappa shape index (κ3) is 7.12. The first kappa shape index (κ1) is 25.4. The molecule has 2 amide bonds. The molecule has 1 aliphatic carbocycles. The summed E-state index contributed by atoms with van der Waals surface area (Å²) in [6.07, 6.45) is 5.37. The van der Waals surface area contributed by atoms with Crippen LogP contribution in [0.3, 0.4) is 0 Å². The molecular weight excluding hydrogens is 459 g/mol. The predicted octanol–water partition coefficient (Wildman–Crippen LogP) is 5.86. The molecule has 0 aromatic heterocycles. The van der Waals surface area contributed by atoms with Crippen molar-refractivity contribution >= 4 is 35.0 Å². The number of hydrogen-bond donors (Lipinski definition) is 1. The highest BCUT2D eigenvalue weighted by Crippen LogP contribution is 2.27. The smallest absolute Gasteiger partial charge is 0.261 e. The van der Waals surface area contributed by atoms with Crippen LogP contribution in [-0.4, -0.2) is 35.4 Å². The van der Waals surface area contributed by atoms with Gasteiger partial charge in [0.05, 0.1) is 0 Å². The molecule has 0 unspecified atom stereocenters. The zero-order chi connectivity index (χ0) is 24.0. The Kier molecular flexibility index (Phi) is 9.04. The lowest BCUT2D eigenvalue weighted by molar-refractivity contribution is -0.142. The minimum atomic E-state index is -0.699. The number of hydrogen-bond acceptors (Lipinski definition) is 3. The van der Waals surface area contributed by atoms with Gasteiger partial charge in [-0.1, -0.05) is 54.6 Å². The maximum atomic E-state index is 13.3. The van der Waals surface area contributed by atoms with Crippen LogP contribution in [0.2, 0.25) is 10.0 Å². The summed E-state index contributed by atoms with van der Waals surface area (Å²) in [4.78, 5) is 27.8. The molecule has 2 aromatic carbocycles. The van der Waals surface area contributed by atoms with E-state index >= 15 is 0 Å². The molecular formula is C26H32Cl2N2O3. The summed E-state index contributed by atoms with van der Waals surface area (Å²) < 4.78 is 5.80. The van der Waals surface area contributed by atoms with Crippen LogP contribution >= 0.6 is 23.2 Å². The van der Waals surface area contributed by atoms with E-state index in [4.69, 9.17) is 27.9 Å². The molecule has 1 N–H and O–H groups in total. The topological polar surface area (TPSA) is 58.6 Å². The van der Waals surface area contributed by atoms with Gasteiger partial charge in [0, 0.05) is 28.2 Å². The number of nitrogens with zero attached hydrogens (tertiary/aromatic N) is 1. The zero-order valence-corrected chi connectivity index (χ0v) is 21.0. The largest absolute Gasteiger partial charge is 0.484 e. The van der Waals surface area contributed by atoms with Crippen LogP contribution in [0.4, 0.5) is 0 Å². The molecule has 0 spiro atoms. The number of benzene rings is 2. The van der Waals surface area contributed by atoms with Gasteiger partial charge in [0.15, 0.2) is 6.61 Å². The average molecular weight is 491 g/mol. The fourth-order valence-corrected chi connectivity index (χ4v) is 4.77. The molecule has 3 rings (SSSR count). The molecule has 33 heavy (non-hydrogen) atoms. The van der Waals surface area contributed by atoms with E-state index < -0.39 is 6.04 Å². The van der Waals surface area contributed by atoms with Crippen LogP contribution in [0.25, 0.3) is 0 Å². The predicted molar refractivity (Wildman–Crippen MR) is 133 cm³/mol. The fraction of sp³-hybridized carbons (Fsp3) is 0.462. The number of nitrogens with one attached hydrogen (secondary N) is 1. The standard InChI is InChI=1S/C26H32Cl2N2O3/c1-17-12-18(2)14-21(13-17)33-16-25(31)30(15-22-23(27)10-7-11-24(22)28)19(3)26(32)29-20-8-5-4-6-9-20/h7,10-14,19-20H,4-6,8-9,15-16H2,1-3H3,(H,29,32)/t19-/m0/s1. The van der Waals surface area contributed by atoms with Crippen molar-refractivity contribution in [2.24, 2.45) is 0 Å². The number of rotatable bonds is 8. The quantitative estimate of drug-likeness (QED) is 0.504. The average Bonchev–Trinajstić information content (AvgIpc) is 2.77. The molecule has 0 heterocycles. The molecule has 1 aliphatic rings. The molecule has 1 fully saturated rings. The van der Waals surface area contributed by atoms with E-state index in [0.29, 0.717) is 21.4 Å². The van der Waals surface area contributed by atoms with Crippen molar-refractivity contribution in [1.29, 1.82) is 0 Å². The highest BCUT2D eigenvalue weighted by Gasteiger charge is 2.29. The fourth-order valence-electron chi connectivity index (χ4n) is 4.25. The van der Waals surface area contributed by atoms with E-state index in [0.717, 1.165) is 36.8 Å². The van der Waals surface area contributed by atoms with Crippen molar-refractivity contribution in [3.63, 3.8) is 0 Å². The van der Waals surface area contributed by atoms with Gasteiger partial charge in [-0.3, -0.25) is 9.59 Å². The summed E-state index contributed by atoms with van der Waals surface area (Å²) in [6.45, 7) is 5.62. The Hall–Kier alpha value is -2.24. The summed E-state index contributed by atoms with van der Waals surface area (Å²) in [5, 5.41) is 4.03. The molecule has 2 aromatic rings. The molecule has 0 aliphatic heterocycles. The van der Waals surface area contributed by atoms with Crippen molar-refractivity contribution in [1.82, 2.24) is 10.2 Å². The number of carbonyl (C=O) groups is 2. The van der Waals surface area contributed by atoms with Crippen molar-refractivity contribution in [2.75, 3.05) is 6.61 Å². The van der Waals surface area contributed by atoms with Gasteiger partial charge in [0.1, 0.15) is 11.8 Å². The van der Waals surface area contributed by atoms with Gasteiger partial charge >= 0.3 is 0 Å². The van der Waals surface area contributed by atoms with Gasteiger partial charge in [0.25, 0.3) is 5.91 Å². The second-order valence-corrected chi connectivity index (χ2v) is 9.67. The van der Waals surface area contributed by atoms with Crippen LogP contribution < -0.4 is 10.1 Å². The van der Waals surface area contributed by atoms with Crippen LogP contribution in [0.5, 0.6) is 5.75 Å². The van der Waals surface area contributed by atoms with E-state index in [9.17, 15) is 9.59 Å². The zero-order valence-electron chi connectivity index (χ0n) is 19.5. The van der Waals surface area contributed by atoms with E-state index in [1.54, 1.807) is 25.1 Å². The van der Waals surface area contributed by atoms with Crippen molar-refractivity contribution in [3.8, 4) is 5.75 Å². The van der Waals surface area contributed by atoms with Crippen molar-refractivity contribution in [2.45, 2.75) is 71.5 Å². The minimum absolute atomic E-state index is 0.118. The lowest BCUT2D eigenvalue weighted by Crippen LogP contribution is -2.51. The first-order chi connectivity index (χ1) is 15.7. The Bertz CT molecular complexity index is 949. The second-order valence-electron chi connectivity index (χ2n) is 8.85. The molecule has 0 bridgehead atoms. The Morgan fingerprint density at radius 1 is 1.06 bits per heavy atom. The van der Waals surface area contributed by atoms with Gasteiger partial charge in [-0.15, -0.1) is 0 Å². The number of amides is 2. The Balaban J connectivity index is 1.77. The highest BCUT2D eigenvalue weighted by molar-refractivity contribution is 6.36. The van der Waals surface area contributed by atoms with Gasteiger partial charge in [-0.25, -0.2) is 0 Å². The molecule has 178 valence electrons. The monoisotopic (exact) mass is 490 g/mol. The third-order valence-corrected chi connectivity index (χ3v) is 6.77. The Labute approximate surface area is 206 Å². The van der Waals surface area contributed by atoms with E-state index in [2.05, 4.69) is 5.32 Å². The summed E-state index contributed by atoms with van der Waals surface area (Å²) >= 11 is 12.7. The lowest BCUT2D eigenvalue weighted by Gasteiger charge is -2.31. The van der Waals surface area contributed by atoms with Gasteiger partial charge in [-0.2, -0.15) is 0 Å². The number of ether oxygens (including phenoxy) is 1. The maximum absolute atomic E-state index is 13.3. The van der Waals surface area contributed by atoms with Crippen LogP contribution in [0.1, 0.15) is 55.7 Å². The summed E-state index contributed by atoms with van der Waals surface area (Å²) in [6, 6.07) is 10.5. The van der Waals surface area contributed by atoms with Crippen LogP contribution in [-0.2, 0) is 16.1 Å². The number of aryl methyl sites for hydroxylation is 2. The number of carbonyl (C=O) groups excluding carboxylic acids is 2. The lowest BCUT2D eigenvalue weighted by atomic mass is 9.95. The highest BCUT2D eigenvalue weighted by atomic mass is 35.5. The molecule has 0 radical (unpaired) electrons. The molecule has 0 saturated heterocycles. The molecule has 1 saturated carbocycles. The molecule has 5 nitrogen and oxygen atoms in total. The van der Waals surface area contributed by atoms with Crippen LogP contribution in [0.15, 0.2) is 36.4 Å². The SMILES string of the molecule is Cc1cc(C)cc(OCC(=O)N(Cc2c(Cl)cccc2Cl)[C@@H](C)C(=O)NC2CCCCC2)c1. The Morgan fingerprint density at radius 3 is 2.27 bits per heavy atom. The minimum Gasteiger partial charge on any atom is -0.484 e. The molecule has 7 heteroatoms. The van der Waals surface area contributed by atoms with Gasteiger partial charge in [0.2, 0.25) is 5.91 Å². The third-order valence-electron chi connectivity index (χ3n) is 6.07. The van der Waals surface area contributed by atoms with Gasteiger partial charge in [-0.05, 0) is 69.0 Å². The second kappa shape index (κ2) is 11.8. The van der Waals surface area contributed by atoms with E-state index in [-0.39, 0.29) is 31.0 Å². The van der Waals surface area contributed by atoms with Crippen molar-refractivity contribution in [3.05, 3.63) is 63.1 Å². The summed E-state index contributed by atoms with van der Waals surface area (Å²) in [5.41, 5.74) is 2.72. The van der Waals surface area contributed by atoms with Crippen LogP contribution in [0, 0.1) is 13.8 Å². The van der Waals surface area contributed by atoms with E-state index in [1.807, 2.05) is 32.0 Å². The van der Waals surface area contributed by atoms with Crippen molar-refractivity contribution < 1.29 is 14.3 Å². The maximum Gasteiger partial charge on any atom is 0.261 e. The van der Waals surface area contributed by atoms with Gasteiger partial charge < -0.3 is 15.0 Å². The number of halogens is 2. The summed E-state index contributed by atoms with van der Waals surface area (Å²) in [7, 11) is 0. The first-order valence-electron chi connectivity index (χ1n) is 11.5. The molecule has 1 atom stereocenters. The normalized spacial score (nSPS) is 15.1. The van der Waals surface area contributed by atoms with E-state index in [1.165, 1.54) is 11.3 Å². The first-order valence-corrected chi connectivity index (χ1v) is 12.2.